The van der Waals surface area contributed by atoms with Gasteiger partial charge in [0.2, 0.25) is 0 Å². The van der Waals surface area contributed by atoms with Crippen molar-refractivity contribution in [2.75, 3.05) is 13.6 Å². The zero-order chi connectivity index (χ0) is 14.9. The first-order chi connectivity index (χ1) is 9.38. The molecule has 20 heavy (non-hydrogen) atoms. The Kier molecular flexibility index (Phi) is 3.79. The van der Waals surface area contributed by atoms with Crippen molar-refractivity contribution < 1.29 is 19.1 Å². The molecule has 0 radical (unpaired) electrons. The van der Waals surface area contributed by atoms with Crippen LogP contribution in [-0.4, -0.2) is 35.5 Å². The number of amides is 1. The molecule has 0 fully saturated rings. The third-order valence-electron chi connectivity index (χ3n) is 3.20. The lowest BCUT2D eigenvalue weighted by Gasteiger charge is -2.17. The van der Waals surface area contributed by atoms with Gasteiger partial charge < -0.3 is 14.4 Å². The maximum absolute atomic E-state index is 12.2. The number of furan rings is 1. The molecule has 1 N–H and O–H groups in total. The lowest BCUT2D eigenvalue weighted by molar-refractivity contribution is -0.141. The Morgan fingerprint density at radius 2 is 2.05 bits per heavy atom. The molecule has 5 nitrogen and oxygen atoms in total. The number of fused-ring (bicyclic) bond motifs is 1. The number of carboxylic acid groups (broad SMARTS) is 1. The molecule has 1 amide bonds. The number of carboxylic acids is 1. The van der Waals surface area contributed by atoms with E-state index in [1.165, 1.54) is 4.90 Å². The number of benzene rings is 1. The molecule has 1 heterocycles. The number of hydrogen-bond acceptors (Lipinski definition) is 3. The second kappa shape index (κ2) is 5.36. The summed E-state index contributed by atoms with van der Waals surface area (Å²) in [4.78, 5) is 24.4. The van der Waals surface area contributed by atoms with Crippen molar-refractivity contribution in [2.45, 2.75) is 13.8 Å². The second-order valence-electron chi connectivity index (χ2n) is 5.08. The first-order valence-corrected chi connectivity index (χ1v) is 6.37. The highest BCUT2D eigenvalue weighted by molar-refractivity contribution is 5.96. The molecule has 106 valence electrons. The fraction of sp³-hybridized carbons (Fsp3) is 0.333. The molecule has 0 spiro atoms. The van der Waals surface area contributed by atoms with Crippen LogP contribution < -0.4 is 0 Å². The normalized spacial score (nSPS) is 12.3. The molecule has 5 heteroatoms. The van der Waals surface area contributed by atoms with Crippen LogP contribution in [0.1, 0.15) is 23.0 Å². The van der Waals surface area contributed by atoms with Crippen LogP contribution >= 0.6 is 0 Å². The minimum absolute atomic E-state index is 0.143. The molecular formula is C15H17NO4. The van der Waals surface area contributed by atoms with Gasteiger partial charge in [0.25, 0.3) is 5.91 Å². The van der Waals surface area contributed by atoms with Crippen LogP contribution in [0.5, 0.6) is 0 Å². The van der Waals surface area contributed by atoms with Crippen molar-refractivity contribution >= 4 is 22.8 Å². The molecule has 1 unspecified atom stereocenters. The number of hydrogen-bond donors (Lipinski definition) is 1. The van der Waals surface area contributed by atoms with Crippen LogP contribution in [0.25, 0.3) is 11.0 Å². The Balaban J connectivity index is 2.20. The third kappa shape index (κ3) is 2.82. The molecule has 0 aliphatic carbocycles. The first kappa shape index (κ1) is 14.1. The van der Waals surface area contributed by atoms with Crippen LogP contribution in [0.4, 0.5) is 0 Å². The average molecular weight is 275 g/mol. The summed E-state index contributed by atoms with van der Waals surface area (Å²) in [5.41, 5.74) is 1.74. The van der Waals surface area contributed by atoms with Crippen molar-refractivity contribution in [1.29, 1.82) is 0 Å². The molecule has 0 saturated carbocycles. The largest absolute Gasteiger partial charge is 0.481 e. The molecule has 1 atom stereocenters. The Hall–Kier alpha value is -2.30. The highest BCUT2D eigenvalue weighted by Gasteiger charge is 2.21. The molecule has 0 bridgehead atoms. The molecule has 0 aliphatic heterocycles. The average Bonchev–Trinajstić information content (AvgIpc) is 2.80. The lowest BCUT2D eigenvalue weighted by Crippen LogP contribution is -2.33. The molecule has 1 aromatic carbocycles. The van der Waals surface area contributed by atoms with E-state index in [1.54, 1.807) is 20.0 Å². The fourth-order valence-electron chi connectivity index (χ4n) is 2.03. The smallest absolute Gasteiger partial charge is 0.308 e. The summed E-state index contributed by atoms with van der Waals surface area (Å²) in [6.07, 6.45) is 0. The van der Waals surface area contributed by atoms with Crippen LogP contribution in [0, 0.1) is 12.8 Å². The standard InChI is InChI=1S/C15H17NO4/c1-9-4-5-12-11(6-9)7-13(20-12)14(17)16(3)8-10(2)15(18)19/h4-7,10H,8H2,1-3H3,(H,18,19). The Morgan fingerprint density at radius 1 is 1.35 bits per heavy atom. The maximum Gasteiger partial charge on any atom is 0.308 e. The summed E-state index contributed by atoms with van der Waals surface area (Å²) in [7, 11) is 1.57. The summed E-state index contributed by atoms with van der Waals surface area (Å²) in [6.45, 7) is 3.67. The van der Waals surface area contributed by atoms with Gasteiger partial charge in [-0.2, -0.15) is 0 Å². The summed E-state index contributed by atoms with van der Waals surface area (Å²) in [5, 5.41) is 9.74. The van der Waals surface area contributed by atoms with Crippen molar-refractivity contribution in [3.05, 3.63) is 35.6 Å². The van der Waals surface area contributed by atoms with Gasteiger partial charge in [0.15, 0.2) is 5.76 Å². The summed E-state index contributed by atoms with van der Waals surface area (Å²) in [6, 6.07) is 7.36. The van der Waals surface area contributed by atoms with E-state index < -0.39 is 11.9 Å². The number of carbonyl (C=O) groups is 2. The molecule has 1 aromatic heterocycles. The van der Waals surface area contributed by atoms with Gasteiger partial charge in [-0.25, -0.2) is 0 Å². The second-order valence-corrected chi connectivity index (χ2v) is 5.08. The Morgan fingerprint density at radius 3 is 2.70 bits per heavy atom. The maximum atomic E-state index is 12.2. The van der Waals surface area contributed by atoms with Gasteiger partial charge >= 0.3 is 5.97 Å². The van der Waals surface area contributed by atoms with Crippen LogP contribution in [0.15, 0.2) is 28.7 Å². The van der Waals surface area contributed by atoms with Gasteiger partial charge in [-0.15, -0.1) is 0 Å². The minimum Gasteiger partial charge on any atom is -0.481 e. The SMILES string of the molecule is Cc1ccc2oc(C(=O)N(C)CC(C)C(=O)O)cc2c1. The molecule has 0 aliphatic rings. The topological polar surface area (TPSA) is 70.8 Å². The Labute approximate surface area is 116 Å². The van der Waals surface area contributed by atoms with Crippen molar-refractivity contribution in [1.82, 2.24) is 4.90 Å². The van der Waals surface area contributed by atoms with Gasteiger partial charge in [0.05, 0.1) is 5.92 Å². The van der Waals surface area contributed by atoms with Gasteiger partial charge in [-0.3, -0.25) is 9.59 Å². The van der Waals surface area contributed by atoms with Crippen LogP contribution in [-0.2, 0) is 4.79 Å². The minimum atomic E-state index is -0.926. The predicted octanol–water partition coefficient (Wildman–Crippen LogP) is 2.53. The van der Waals surface area contributed by atoms with Gasteiger partial charge in [0, 0.05) is 19.0 Å². The number of aliphatic carboxylic acids is 1. The van der Waals surface area contributed by atoms with Crippen molar-refractivity contribution in [3.8, 4) is 0 Å². The van der Waals surface area contributed by atoms with E-state index in [0.717, 1.165) is 10.9 Å². The highest BCUT2D eigenvalue weighted by atomic mass is 16.4. The molecule has 2 rings (SSSR count). The lowest BCUT2D eigenvalue weighted by atomic mass is 10.1. The van der Waals surface area contributed by atoms with Gasteiger partial charge in [-0.05, 0) is 25.1 Å². The number of aryl methyl sites for hydroxylation is 1. The predicted molar refractivity (Wildman–Crippen MR) is 74.7 cm³/mol. The molecule has 0 saturated heterocycles. The third-order valence-corrected chi connectivity index (χ3v) is 3.20. The first-order valence-electron chi connectivity index (χ1n) is 6.37. The monoisotopic (exact) mass is 275 g/mol. The fourth-order valence-corrected chi connectivity index (χ4v) is 2.03. The van der Waals surface area contributed by atoms with E-state index in [2.05, 4.69) is 0 Å². The zero-order valence-corrected chi connectivity index (χ0v) is 11.7. The van der Waals surface area contributed by atoms with Gasteiger partial charge in [-0.1, -0.05) is 18.6 Å². The molecular weight excluding hydrogens is 258 g/mol. The zero-order valence-electron chi connectivity index (χ0n) is 11.7. The van der Waals surface area contributed by atoms with E-state index in [0.29, 0.717) is 5.58 Å². The number of rotatable bonds is 4. The summed E-state index contributed by atoms with van der Waals surface area (Å²) >= 11 is 0. The van der Waals surface area contributed by atoms with Crippen molar-refractivity contribution in [3.63, 3.8) is 0 Å². The van der Waals surface area contributed by atoms with Crippen molar-refractivity contribution in [2.24, 2.45) is 5.92 Å². The van der Waals surface area contributed by atoms with E-state index >= 15 is 0 Å². The van der Waals surface area contributed by atoms with Gasteiger partial charge in [0.1, 0.15) is 5.58 Å². The quantitative estimate of drug-likeness (QED) is 0.930. The summed E-state index contributed by atoms with van der Waals surface area (Å²) < 4.78 is 5.51. The molecule has 2 aromatic rings. The Bertz CT molecular complexity index is 659. The van der Waals surface area contributed by atoms with E-state index in [1.807, 2.05) is 25.1 Å². The van der Waals surface area contributed by atoms with E-state index in [4.69, 9.17) is 9.52 Å². The van der Waals surface area contributed by atoms with E-state index in [-0.39, 0.29) is 18.2 Å². The highest BCUT2D eigenvalue weighted by Crippen LogP contribution is 2.21. The number of carbonyl (C=O) groups excluding carboxylic acids is 1. The van der Waals surface area contributed by atoms with Crippen LogP contribution in [0.2, 0.25) is 0 Å². The summed E-state index contributed by atoms with van der Waals surface area (Å²) in [5.74, 6) is -1.63. The number of nitrogens with zero attached hydrogens (tertiary/aromatic N) is 1. The van der Waals surface area contributed by atoms with Crippen LogP contribution in [0.3, 0.4) is 0 Å². The van der Waals surface area contributed by atoms with E-state index in [9.17, 15) is 9.59 Å².